The van der Waals surface area contributed by atoms with Gasteiger partial charge in [-0.15, -0.1) is 0 Å². The first kappa shape index (κ1) is 14.2. The minimum absolute atomic E-state index is 0.364. The number of hydrogen-bond acceptors (Lipinski definition) is 3. The fourth-order valence-electron chi connectivity index (χ4n) is 1.52. The Labute approximate surface area is 110 Å². The first-order chi connectivity index (χ1) is 7.99. The van der Waals surface area contributed by atoms with E-state index in [0.29, 0.717) is 6.54 Å². The molecule has 4 nitrogen and oxygen atoms in total. The van der Waals surface area contributed by atoms with E-state index in [1.54, 1.807) is 0 Å². The number of carboxylic acid groups (broad SMARTS) is 1. The maximum absolute atomic E-state index is 10.6. The van der Waals surface area contributed by atoms with Crippen molar-refractivity contribution in [3.05, 3.63) is 34.3 Å². The van der Waals surface area contributed by atoms with Gasteiger partial charge in [0, 0.05) is 17.6 Å². The number of halogens is 1. The van der Waals surface area contributed by atoms with E-state index in [4.69, 9.17) is 10.8 Å². The zero-order valence-corrected chi connectivity index (χ0v) is 11.4. The number of aliphatic carboxylic acids is 1. The molecule has 0 fully saturated rings. The number of rotatable bonds is 6. The normalized spacial score (nSPS) is 12.7. The highest BCUT2D eigenvalue weighted by atomic mass is 79.9. The van der Waals surface area contributed by atoms with E-state index in [0.717, 1.165) is 17.4 Å². The van der Waals surface area contributed by atoms with E-state index in [1.165, 1.54) is 5.56 Å². The fourth-order valence-corrected chi connectivity index (χ4v) is 1.96. The summed E-state index contributed by atoms with van der Waals surface area (Å²) in [4.78, 5) is 12.5. The summed E-state index contributed by atoms with van der Waals surface area (Å²) < 4.78 is 1.06. The van der Waals surface area contributed by atoms with E-state index >= 15 is 0 Å². The molecule has 0 spiro atoms. The van der Waals surface area contributed by atoms with Crippen LogP contribution < -0.4 is 5.73 Å². The summed E-state index contributed by atoms with van der Waals surface area (Å²) in [7, 11) is 1.88. The standard InChI is InChI=1S/C12H17BrN2O2/c1-15(8-11(14)12(16)17)6-5-9-3-2-4-10(13)7-9/h2-4,7,11H,5-6,8,14H2,1H3,(H,16,17). The summed E-state index contributed by atoms with van der Waals surface area (Å²) in [6, 6.07) is 7.26. The van der Waals surface area contributed by atoms with E-state index in [1.807, 2.05) is 24.1 Å². The highest BCUT2D eigenvalue weighted by Gasteiger charge is 2.13. The molecule has 17 heavy (non-hydrogen) atoms. The molecule has 3 N–H and O–H groups in total. The molecule has 1 unspecified atom stereocenters. The lowest BCUT2D eigenvalue weighted by Crippen LogP contribution is -2.41. The Morgan fingerprint density at radius 1 is 1.59 bits per heavy atom. The van der Waals surface area contributed by atoms with Gasteiger partial charge in [0.05, 0.1) is 0 Å². The van der Waals surface area contributed by atoms with Gasteiger partial charge in [-0.2, -0.15) is 0 Å². The lowest BCUT2D eigenvalue weighted by molar-refractivity contribution is -0.138. The van der Waals surface area contributed by atoms with Crippen molar-refractivity contribution in [3.63, 3.8) is 0 Å². The van der Waals surface area contributed by atoms with Crippen molar-refractivity contribution in [1.82, 2.24) is 4.90 Å². The van der Waals surface area contributed by atoms with Gasteiger partial charge < -0.3 is 15.7 Å². The number of nitrogens with two attached hydrogens (primary N) is 1. The minimum Gasteiger partial charge on any atom is -0.480 e. The number of likely N-dealkylation sites (N-methyl/N-ethyl adjacent to an activating group) is 1. The second-order valence-electron chi connectivity index (χ2n) is 4.09. The molecule has 0 aliphatic carbocycles. The van der Waals surface area contributed by atoms with Crippen LogP contribution in [0.4, 0.5) is 0 Å². The first-order valence-electron chi connectivity index (χ1n) is 5.40. The van der Waals surface area contributed by atoms with Gasteiger partial charge in [-0.25, -0.2) is 0 Å². The third kappa shape index (κ3) is 5.30. The number of carbonyl (C=O) groups is 1. The van der Waals surface area contributed by atoms with Gasteiger partial charge in [-0.3, -0.25) is 4.79 Å². The molecule has 0 bridgehead atoms. The fraction of sp³-hybridized carbons (Fsp3) is 0.417. The molecule has 1 atom stereocenters. The predicted octanol–water partition coefficient (Wildman–Crippen LogP) is 1.34. The SMILES string of the molecule is CN(CCc1cccc(Br)c1)CC(N)C(=O)O. The summed E-state index contributed by atoms with van der Waals surface area (Å²) >= 11 is 3.42. The number of hydrogen-bond donors (Lipinski definition) is 2. The molecule has 1 rings (SSSR count). The van der Waals surface area contributed by atoms with Crippen molar-refractivity contribution >= 4 is 21.9 Å². The van der Waals surface area contributed by atoms with Crippen molar-refractivity contribution in [3.8, 4) is 0 Å². The van der Waals surface area contributed by atoms with Gasteiger partial charge in [-0.05, 0) is 31.2 Å². The second kappa shape index (κ2) is 6.74. The number of carboxylic acids is 1. The lowest BCUT2D eigenvalue weighted by Gasteiger charge is -2.18. The Balaban J connectivity index is 2.38. The van der Waals surface area contributed by atoms with Crippen LogP contribution in [-0.4, -0.2) is 42.2 Å². The summed E-state index contributed by atoms with van der Waals surface area (Å²) in [5.74, 6) is -0.959. The van der Waals surface area contributed by atoms with Crippen LogP contribution in [0, 0.1) is 0 Å². The monoisotopic (exact) mass is 300 g/mol. The molecule has 0 aliphatic heterocycles. The summed E-state index contributed by atoms with van der Waals surface area (Å²) in [6.45, 7) is 1.15. The predicted molar refractivity (Wildman–Crippen MR) is 71.0 cm³/mol. The van der Waals surface area contributed by atoms with Gasteiger partial charge >= 0.3 is 5.97 Å². The second-order valence-corrected chi connectivity index (χ2v) is 5.00. The minimum atomic E-state index is -0.959. The van der Waals surface area contributed by atoms with Crippen molar-refractivity contribution < 1.29 is 9.90 Å². The van der Waals surface area contributed by atoms with Crippen molar-refractivity contribution in [2.45, 2.75) is 12.5 Å². The largest absolute Gasteiger partial charge is 0.480 e. The number of nitrogens with zero attached hydrogens (tertiary/aromatic N) is 1. The molecular weight excluding hydrogens is 284 g/mol. The highest BCUT2D eigenvalue weighted by molar-refractivity contribution is 9.10. The van der Waals surface area contributed by atoms with E-state index in [2.05, 4.69) is 28.1 Å². The van der Waals surface area contributed by atoms with E-state index in [9.17, 15) is 4.79 Å². The van der Waals surface area contributed by atoms with Gasteiger partial charge in [0.15, 0.2) is 0 Å². The van der Waals surface area contributed by atoms with Crippen LogP contribution in [0.5, 0.6) is 0 Å². The molecular formula is C12H17BrN2O2. The quantitative estimate of drug-likeness (QED) is 0.832. The zero-order valence-electron chi connectivity index (χ0n) is 9.77. The smallest absolute Gasteiger partial charge is 0.321 e. The third-order valence-electron chi connectivity index (χ3n) is 2.50. The van der Waals surface area contributed by atoms with Crippen molar-refractivity contribution in [2.24, 2.45) is 5.73 Å². The average molecular weight is 301 g/mol. The number of benzene rings is 1. The van der Waals surface area contributed by atoms with Gasteiger partial charge in [0.2, 0.25) is 0 Å². The van der Waals surface area contributed by atoms with E-state index < -0.39 is 12.0 Å². The molecule has 94 valence electrons. The van der Waals surface area contributed by atoms with Crippen LogP contribution in [0.15, 0.2) is 28.7 Å². The average Bonchev–Trinajstić information content (AvgIpc) is 2.26. The lowest BCUT2D eigenvalue weighted by atomic mass is 10.1. The maximum atomic E-state index is 10.6. The molecule has 0 saturated heterocycles. The van der Waals surface area contributed by atoms with Gasteiger partial charge in [0.1, 0.15) is 6.04 Å². The molecule has 0 heterocycles. The molecule has 0 amide bonds. The topological polar surface area (TPSA) is 66.6 Å². The zero-order chi connectivity index (χ0) is 12.8. The van der Waals surface area contributed by atoms with Crippen LogP contribution in [0.2, 0.25) is 0 Å². The highest BCUT2D eigenvalue weighted by Crippen LogP contribution is 2.12. The van der Waals surface area contributed by atoms with Crippen LogP contribution in [0.25, 0.3) is 0 Å². The third-order valence-corrected chi connectivity index (χ3v) is 2.99. The molecule has 0 aliphatic rings. The van der Waals surface area contributed by atoms with E-state index in [-0.39, 0.29) is 0 Å². The summed E-state index contributed by atoms with van der Waals surface area (Å²) in [5, 5.41) is 8.69. The Bertz CT molecular complexity index is 385. The van der Waals surface area contributed by atoms with Crippen molar-refractivity contribution in [1.29, 1.82) is 0 Å². The molecule has 1 aromatic carbocycles. The maximum Gasteiger partial charge on any atom is 0.321 e. The molecule has 1 aromatic rings. The Kier molecular flexibility index (Phi) is 5.61. The Morgan fingerprint density at radius 3 is 2.88 bits per heavy atom. The van der Waals surface area contributed by atoms with Crippen LogP contribution >= 0.6 is 15.9 Å². The summed E-state index contributed by atoms with van der Waals surface area (Å²) in [6.07, 6.45) is 0.877. The molecule has 0 radical (unpaired) electrons. The first-order valence-corrected chi connectivity index (χ1v) is 6.19. The van der Waals surface area contributed by atoms with Gasteiger partial charge in [0.25, 0.3) is 0 Å². The van der Waals surface area contributed by atoms with Gasteiger partial charge in [-0.1, -0.05) is 28.1 Å². The Morgan fingerprint density at radius 2 is 2.29 bits per heavy atom. The van der Waals surface area contributed by atoms with Crippen LogP contribution in [0.3, 0.4) is 0 Å². The Hall–Kier alpha value is -0.910. The molecule has 0 saturated carbocycles. The molecule has 0 aromatic heterocycles. The summed E-state index contributed by atoms with van der Waals surface area (Å²) in [5.41, 5.74) is 6.68. The van der Waals surface area contributed by atoms with Crippen LogP contribution in [-0.2, 0) is 11.2 Å². The van der Waals surface area contributed by atoms with Crippen LogP contribution in [0.1, 0.15) is 5.56 Å². The van der Waals surface area contributed by atoms with Crippen molar-refractivity contribution in [2.75, 3.05) is 20.1 Å². The molecule has 5 heteroatoms.